The molecule has 1 aromatic heterocycles. The largest absolute Gasteiger partial charge is 0.364 e. The van der Waals surface area contributed by atoms with E-state index in [0.29, 0.717) is 5.92 Å². The lowest BCUT2D eigenvalue weighted by Gasteiger charge is -2.21. The summed E-state index contributed by atoms with van der Waals surface area (Å²) < 4.78 is 1.70. The van der Waals surface area contributed by atoms with Crippen LogP contribution in [0.1, 0.15) is 23.3 Å². The number of carbonyl (C=O) groups excluding carboxylic acids is 1. The van der Waals surface area contributed by atoms with E-state index in [1.54, 1.807) is 10.9 Å². The smallest absolute Gasteiger partial charge is 0.270 e. The summed E-state index contributed by atoms with van der Waals surface area (Å²) in [7, 11) is 0. The second-order valence-electron chi connectivity index (χ2n) is 3.88. The van der Waals surface area contributed by atoms with Gasteiger partial charge < -0.3 is 11.1 Å². The monoisotopic (exact) mass is 209 g/mol. The lowest BCUT2D eigenvalue weighted by Crippen LogP contribution is -2.30. The molecule has 2 rings (SSSR count). The van der Waals surface area contributed by atoms with Gasteiger partial charge in [-0.1, -0.05) is 5.21 Å². The van der Waals surface area contributed by atoms with Crippen LogP contribution in [0.25, 0.3) is 0 Å². The minimum atomic E-state index is -0.522. The van der Waals surface area contributed by atoms with Crippen LogP contribution in [0.4, 0.5) is 0 Å². The fraction of sp³-hybridized carbons (Fsp3) is 0.667. The van der Waals surface area contributed by atoms with E-state index in [-0.39, 0.29) is 5.69 Å². The molecule has 1 amide bonds. The van der Waals surface area contributed by atoms with Gasteiger partial charge in [0.05, 0.1) is 6.20 Å². The van der Waals surface area contributed by atoms with Crippen molar-refractivity contribution in [1.29, 1.82) is 0 Å². The van der Waals surface area contributed by atoms with Gasteiger partial charge in [-0.3, -0.25) is 9.48 Å². The zero-order chi connectivity index (χ0) is 10.7. The predicted molar refractivity (Wildman–Crippen MR) is 54.1 cm³/mol. The number of hydrogen-bond acceptors (Lipinski definition) is 4. The molecule has 6 heteroatoms. The quantitative estimate of drug-likeness (QED) is 0.694. The number of primary amides is 1. The average molecular weight is 209 g/mol. The topological polar surface area (TPSA) is 85.8 Å². The summed E-state index contributed by atoms with van der Waals surface area (Å²) in [5.74, 6) is 0.0974. The molecule has 0 aromatic carbocycles. The Labute approximate surface area is 87.8 Å². The van der Waals surface area contributed by atoms with Gasteiger partial charge >= 0.3 is 0 Å². The molecule has 1 aromatic rings. The third-order valence-corrected chi connectivity index (χ3v) is 2.70. The molecule has 1 saturated heterocycles. The van der Waals surface area contributed by atoms with E-state index in [1.165, 1.54) is 0 Å². The summed E-state index contributed by atoms with van der Waals surface area (Å²) in [6, 6.07) is 0. The maximum Gasteiger partial charge on any atom is 0.270 e. The number of nitrogens with two attached hydrogens (primary N) is 1. The first-order valence-corrected chi connectivity index (χ1v) is 5.16. The van der Waals surface area contributed by atoms with Crippen LogP contribution in [-0.4, -0.2) is 34.0 Å². The third-order valence-electron chi connectivity index (χ3n) is 2.70. The van der Waals surface area contributed by atoms with Gasteiger partial charge in [0.15, 0.2) is 5.69 Å². The Morgan fingerprint density at radius 3 is 2.93 bits per heavy atom. The Balaban J connectivity index is 1.94. The van der Waals surface area contributed by atoms with Crippen LogP contribution >= 0.6 is 0 Å². The highest BCUT2D eigenvalue weighted by Gasteiger charge is 2.15. The van der Waals surface area contributed by atoms with Crippen molar-refractivity contribution in [2.45, 2.75) is 19.4 Å². The minimum absolute atomic E-state index is 0.240. The maximum atomic E-state index is 10.8. The molecular formula is C9H15N5O. The molecule has 0 unspecified atom stereocenters. The van der Waals surface area contributed by atoms with Crippen molar-refractivity contribution in [1.82, 2.24) is 20.3 Å². The SMILES string of the molecule is NC(=O)c1cn(CC2CCNCC2)nn1. The van der Waals surface area contributed by atoms with Gasteiger partial charge in [-0.25, -0.2) is 0 Å². The van der Waals surface area contributed by atoms with E-state index in [1.807, 2.05) is 0 Å². The Morgan fingerprint density at radius 2 is 2.33 bits per heavy atom. The molecule has 1 aliphatic rings. The number of nitrogens with zero attached hydrogens (tertiary/aromatic N) is 3. The highest BCUT2D eigenvalue weighted by atomic mass is 16.1. The molecule has 1 aliphatic heterocycles. The number of carbonyl (C=O) groups is 1. The molecule has 15 heavy (non-hydrogen) atoms. The molecule has 0 radical (unpaired) electrons. The molecule has 2 heterocycles. The van der Waals surface area contributed by atoms with Crippen LogP contribution in [0.3, 0.4) is 0 Å². The van der Waals surface area contributed by atoms with Crippen LogP contribution in [0.15, 0.2) is 6.20 Å². The van der Waals surface area contributed by atoms with Crippen molar-refractivity contribution in [3.8, 4) is 0 Å². The molecule has 0 bridgehead atoms. The van der Waals surface area contributed by atoms with E-state index < -0.39 is 5.91 Å². The van der Waals surface area contributed by atoms with Crippen molar-refractivity contribution in [3.05, 3.63) is 11.9 Å². The summed E-state index contributed by atoms with van der Waals surface area (Å²) in [5, 5.41) is 10.9. The first-order valence-electron chi connectivity index (χ1n) is 5.16. The zero-order valence-corrected chi connectivity index (χ0v) is 8.52. The van der Waals surface area contributed by atoms with Gasteiger partial charge in [0.1, 0.15) is 0 Å². The first-order chi connectivity index (χ1) is 7.25. The number of amides is 1. The predicted octanol–water partition coefficient (Wildman–Crippen LogP) is -0.623. The van der Waals surface area contributed by atoms with Crippen molar-refractivity contribution in [3.63, 3.8) is 0 Å². The van der Waals surface area contributed by atoms with E-state index in [4.69, 9.17) is 5.73 Å². The molecule has 0 spiro atoms. The molecule has 0 aliphatic carbocycles. The Kier molecular flexibility index (Phi) is 2.96. The summed E-state index contributed by atoms with van der Waals surface area (Å²) >= 11 is 0. The van der Waals surface area contributed by atoms with Crippen molar-refractivity contribution < 1.29 is 4.79 Å². The van der Waals surface area contributed by atoms with Gasteiger partial charge in [-0.2, -0.15) is 0 Å². The molecule has 0 saturated carbocycles. The van der Waals surface area contributed by atoms with Gasteiger partial charge in [0, 0.05) is 6.54 Å². The zero-order valence-electron chi connectivity index (χ0n) is 8.52. The molecule has 3 N–H and O–H groups in total. The number of piperidine rings is 1. The third kappa shape index (κ3) is 2.53. The van der Waals surface area contributed by atoms with E-state index >= 15 is 0 Å². The Morgan fingerprint density at radius 1 is 1.60 bits per heavy atom. The van der Waals surface area contributed by atoms with Crippen molar-refractivity contribution in [2.24, 2.45) is 11.7 Å². The summed E-state index contributed by atoms with van der Waals surface area (Å²) in [5.41, 5.74) is 5.34. The fourth-order valence-electron chi connectivity index (χ4n) is 1.83. The summed E-state index contributed by atoms with van der Waals surface area (Å²) in [6.07, 6.45) is 3.90. The minimum Gasteiger partial charge on any atom is -0.364 e. The van der Waals surface area contributed by atoms with Crippen LogP contribution in [0.5, 0.6) is 0 Å². The van der Waals surface area contributed by atoms with Crippen LogP contribution in [-0.2, 0) is 6.54 Å². The Bertz CT molecular complexity index is 342. The first kappa shape index (κ1) is 10.1. The molecule has 1 fully saturated rings. The number of aromatic nitrogens is 3. The fourth-order valence-corrected chi connectivity index (χ4v) is 1.83. The number of rotatable bonds is 3. The number of hydrogen-bond donors (Lipinski definition) is 2. The van der Waals surface area contributed by atoms with Gasteiger partial charge in [0.25, 0.3) is 5.91 Å². The van der Waals surface area contributed by atoms with Gasteiger partial charge in [0.2, 0.25) is 0 Å². The van der Waals surface area contributed by atoms with E-state index in [0.717, 1.165) is 32.5 Å². The standard InChI is InChI=1S/C9H15N5O/c10-9(15)8-6-14(13-12-8)5-7-1-3-11-4-2-7/h6-7,11H,1-5H2,(H2,10,15). The normalized spacial score (nSPS) is 17.9. The van der Waals surface area contributed by atoms with Crippen LogP contribution in [0, 0.1) is 5.92 Å². The average Bonchev–Trinajstić information content (AvgIpc) is 2.68. The Hall–Kier alpha value is -1.43. The van der Waals surface area contributed by atoms with Gasteiger partial charge in [-0.05, 0) is 31.8 Å². The maximum absolute atomic E-state index is 10.8. The lowest BCUT2D eigenvalue weighted by molar-refractivity contribution is 0.0995. The lowest BCUT2D eigenvalue weighted by atomic mass is 9.98. The van der Waals surface area contributed by atoms with Crippen molar-refractivity contribution in [2.75, 3.05) is 13.1 Å². The summed E-state index contributed by atoms with van der Waals surface area (Å²) in [4.78, 5) is 10.8. The second kappa shape index (κ2) is 4.39. The van der Waals surface area contributed by atoms with Crippen molar-refractivity contribution >= 4 is 5.91 Å². The number of nitrogens with one attached hydrogen (secondary N) is 1. The molecule has 6 nitrogen and oxygen atoms in total. The van der Waals surface area contributed by atoms with Gasteiger partial charge in [-0.15, -0.1) is 5.10 Å². The molecule has 0 atom stereocenters. The summed E-state index contributed by atoms with van der Waals surface area (Å²) in [6.45, 7) is 2.94. The molecule has 82 valence electrons. The highest BCUT2D eigenvalue weighted by molar-refractivity contribution is 5.90. The van der Waals surface area contributed by atoms with E-state index in [9.17, 15) is 4.79 Å². The second-order valence-corrected chi connectivity index (χ2v) is 3.88. The van der Waals surface area contributed by atoms with Crippen LogP contribution in [0.2, 0.25) is 0 Å². The highest BCUT2D eigenvalue weighted by Crippen LogP contribution is 2.13. The molecular weight excluding hydrogens is 194 g/mol. The van der Waals surface area contributed by atoms with E-state index in [2.05, 4.69) is 15.6 Å². The van der Waals surface area contributed by atoms with Crippen LogP contribution < -0.4 is 11.1 Å².